The lowest BCUT2D eigenvalue weighted by atomic mass is 10.2. The van der Waals surface area contributed by atoms with Gasteiger partial charge in [0.2, 0.25) is 0 Å². The van der Waals surface area contributed by atoms with Crippen molar-refractivity contribution >= 4 is 46.6 Å². The zero-order chi connectivity index (χ0) is 19.4. The van der Waals surface area contributed by atoms with Crippen LogP contribution in [-0.2, 0) is 4.79 Å². The molecule has 0 saturated carbocycles. The topological polar surface area (TPSA) is 49.9 Å². The Morgan fingerprint density at radius 3 is 2.07 bits per heavy atom. The van der Waals surface area contributed by atoms with Crippen LogP contribution < -0.4 is 4.74 Å². The van der Waals surface area contributed by atoms with Gasteiger partial charge in [-0.1, -0.05) is 34.8 Å². The van der Waals surface area contributed by atoms with Gasteiger partial charge in [-0.15, -0.1) is 0 Å². The Morgan fingerprint density at radius 2 is 1.44 bits per heavy atom. The van der Waals surface area contributed by atoms with Crippen LogP contribution in [0.5, 0.6) is 5.75 Å². The summed E-state index contributed by atoms with van der Waals surface area (Å²) in [7, 11) is 0. The van der Waals surface area contributed by atoms with Gasteiger partial charge in [0.1, 0.15) is 5.75 Å². The van der Waals surface area contributed by atoms with Gasteiger partial charge in [-0.3, -0.25) is 9.59 Å². The predicted octanol–water partition coefficient (Wildman–Crippen LogP) is 4.01. The molecule has 0 radical (unpaired) electrons. The van der Waals surface area contributed by atoms with E-state index in [0.29, 0.717) is 52.6 Å². The van der Waals surface area contributed by atoms with E-state index in [2.05, 4.69) is 0 Å². The van der Waals surface area contributed by atoms with Crippen molar-refractivity contribution in [3.8, 4) is 5.75 Å². The number of nitrogens with zero attached hydrogens (tertiary/aromatic N) is 2. The third-order valence-corrected chi connectivity index (χ3v) is 5.04. The number of ether oxygens (including phenoxy) is 1. The van der Waals surface area contributed by atoms with Crippen LogP contribution in [0.4, 0.5) is 0 Å². The first-order valence-electron chi connectivity index (χ1n) is 8.34. The first kappa shape index (κ1) is 19.8. The summed E-state index contributed by atoms with van der Waals surface area (Å²) in [5.41, 5.74) is 0.583. The summed E-state index contributed by atoms with van der Waals surface area (Å²) >= 11 is 17.7. The van der Waals surface area contributed by atoms with Gasteiger partial charge in [-0.25, -0.2) is 0 Å². The summed E-state index contributed by atoms with van der Waals surface area (Å²) in [4.78, 5) is 28.2. The lowest BCUT2D eigenvalue weighted by Gasteiger charge is -2.34. The minimum Gasteiger partial charge on any atom is -0.482 e. The standard InChI is InChI=1S/C19H17Cl3N2O3/c20-14-3-1-13(2-4-14)19(26)24-9-7-23(8-10-24)18(25)12-27-17-6-5-15(21)11-16(17)22/h1-6,11H,7-10,12H2. The molecule has 1 heterocycles. The average Bonchev–Trinajstić information content (AvgIpc) is 2.67. The summed E-state index contributed by atoms with van der Waals surface area (Å²) < 4.78 is 5.49. The van der Waals surface area contributed by atoms with E-state index in [-0.39, 0.29) is 18.4 Å². The minimum atomic E-state index is -0.153. The number of amides is 2. The van der Waals surface area contributed by atoms with Crippen LogP contribution in [0.15, 0.2) is 42.5 Å². The molecule has 1 fully saturated rings. The SMILES string of the molecule is O=C(COc1ccc(Cl)cc1Cl)N1CCN(C(=O)c2ccc(Cl)cc2)CC1. The van der Waals surface area contributed by atoms with Gasteiger partial charge >= 0.3 is 0 Å². The molecule has 27 heavy (non-hydrogen) atoms. The second-order valence-electron chi connectivity index (χ2n) is 6.04. The average molecular weight is 428 g/mol. The number of carbonyl (C=O) groups excluding carboxylic acids is 2. The lowest BCUT2D eigenvalue weighted by molar-refractivity contribution is -0.134. The van der Waals surface area contributed by atoms with E-state index >= 15 is 0 Å². The molecule has 1 aliphatic heterocycles. The number of benzene rings is 2. The summed E-state index contributed by atoms with van der Waals surface area (Å²) in [6.45, 7) is 1.72. The minimum absolute atomic E-state index is 0.0667. The van der Waals surface area contributed by atoms with Crippen molar-refractivity contribution < 1.29 is 14.3 Å². The summed E-state index contributed by atoms with van der Waals surface area (Å²) in [6.07, 6.45) is 0. The van der Waals surface area contributed by atoms with Gasteiger partial charge in [0.05, 0.1) is 5.02 Å². The molecule has 2 amide bonds. The Kier molecular flexibility index (Phi) is 6.47. The molecule has 8 heteroatoms. The summed E-state index contributed by atoms with van der Waals surface area (Å²) in [5.74, 6) is 0.188. The maximum absolute atomic E-state index is 12.5. The van der Waals surface area contributed by atoms with Gasteiger partial charge in [0, 0.05) is 41.8 Å². The smallest absolute Gasteiger partial charge is 0.260 e. The van der Waals surface area contributed by atoms with Crippen molar-refractivity contribution in [2.75, 3.05) is 32.8 Å². The Labute approximate surface area is 172 Å². The molecular weight excluding hydrogens is 411 g/mol. The third-order valence-electron chi connectivity index (χ3n) is 4.26. The van der Waals surface area contributed by atoms with E-state index in [0.717, 1.165) is 0 Å². The van der Waals surface area contributed by atoms with Crippen molar-refractivity contribution in [2.45, 2.75) is 0 Å². The van der Waals surface area contributed by atoms with Crippen molar-refractivity contribution in [3.63, 3.8) is 0 Å². The molecule has 5 nitrogen and oxygen atoms in total. The summed E-state index contributed by atoms with van der Waals surface area (Å²) in [5, 5.41) is 1.44. The van der Waals surface area contributed by atoms with Crippen LogP contribution in [0.3, 0.4) is 0 Å². The van der Waals surface area contributed by atoms with Crippen LogP contribution in [0, 0.1) is 0 Å². The maximum Gasteiger partial charge on any atom is 0.260 e. The normalized spacial score (nSPS) is 14.2. The molecule has 1 aliphatic rings. The first-order chi connectivity index (χ1) is 12.9. The van der Waals surface area contributed by atoms with Crippen molar-refractivity contribution in [1.29, 1.82) is 0 Å². The van der Waals surface area contributed by atoms with E-state index < -0.39 is 0 Å². The van der Waals surface area contributed by atoms with E-state index in [1.54, 1.807) is 52.3 Å². The fourth-order valence-electron chi connectivity index (χ4n) is 2.76. The molecule has 0 N–H and O–H groups in total. The van der Waals surface area contributed by atoms with Gasteiger partial charge in [0.25, 0.3) is 11.8 Å². The van der Waals surface area contributed by atoms with Crippen molar-refractivity contribution in [2.24, 2.45) is 0 Å². The highest BCUT2D eigenvalue weighted by molar-refractivity contribution is 6.35. The molecule has 142 valence electrons. The molecule has 1 saturated heterocycles. The van der Waals surface area contributed by atoms with E-state index in [4.69, 9.17) is 39.5 Å². The zero-order valence-corrected chi connectivity index (χ0v) is 16.6. The molecule has 0 aliphatic carbocycles. The van der Waals surface area contributed by atoms with Crippen molar-refractivity contribution in [3.05, 3.63) is 63.1 Å². The second kappa shape index (κ2) is 8.83. The molecule has 2 aromatic rings. The third kappa shape index (κ3) is 5.06. The van der Waals surface area contributed by atoms with E-state index in [1.165, 1.54) is 0 Å². The molecule has 0 atom stereocenters. The van der Waals surface area contributed by atoms with Crippen LogP contribution in [0.1, 0.15) is 10.4 Å². The largest absolute Gasteiger partial charge is 0.482 e. The van der Waals surface area contributed by atoms with Crippen LogP contribution in [0.2, 0.25) is 15.1 Å². The number of hydrogen-bond donors (Lipinski definition) is 0. The van der Waals surface area contributed by atoms with Gasteiger partial charge < -0.3 is 14.5 Å². The highest BCUT2D eigenvalue weighted by Crippen LogP contribution is 2.27. The predicted molar refractivity (Wildman–Crippen MR) is 106 cm³/mol. The van der Waals surface area contributed by atoms with Crippen LogP contribution >= 0.6 is 34.8 Å². The van der Waals surface area contributed by atoms with Crippen LogP contribution in [-0.4, -0.2) is 54.4 Å². The number of piperazine rings is 1. The number of hydrogen-bond acceptors (Lipinski definition) is 3. The number of rotatable bonds is 4. The maximum atomic E-state index is 12.5. The van der Waals surface area contributed by atoms with E-state index in [9.17, 15) is 9.59 Å². The fourth-order valence-corrected chi connectivity index (χ4v) is 3.35. The molecule has 0 bridgehead atoms. The molecule has 0 unspecified atom stereocenters. The Hall–Kier alpha value is -1.95. The van der Waals surface area contributed by atoms with Gasteiger partial charge in [-0.05, 0) is 42.5 Å². The van der Waals surface area contributed by atoms with Gasteiger partial charge in [-0.2, -0.15) is 0 Å². The van der Waals surface area contributed by atoms with Crippen LogP contribution in [0.25, 0.3) is 0 Å². The van der Waals surface area contributed by atoms with E-state index in [1.807, 2.05) is 0 Å². The molecule has 0 spiro atoms. The zero-order valence-electron chi connectivity index (χ0n) is 14.3. The highest BCUT2D eigenvalue weighted by Gasteiger charge is 2.25. The van der Waals surface area contributed by atoms with Gasteiger partial charge in [0.15, 0.2) is 6.61 Å². The summed E-state index contributed by atoms with van der Waals surface area (Å²) in [6, 6.07) is 11.6. The molecule has 0 aromatic heterocycles. The quantitative estimate of drug-likeness (QED) is 0.741. The number of halogens is 3. The molecule has 3 rings (SSSR count). The second-order valence-corrected chi connectivity index (χ2v) is 7.32. The Balaban J connectivity index is 1.50. The molecular formula is C19H17Cl3N2O3. The Morgan fingerprint density at radius 1 is 0.852 bits per heavy atom. The molecule has 2 aromatic carbocycles. The van der Waals surface area contributed by atoms with Crippen molar-refractivity contribution in [1.82, 2.24) is 9.80 Å². The first-order valence-corrected chi connectivity index (χ1v) is 9.48. The lowest BCUT2D eigenvalue weighted by Crippen LogP contribution is -2.51. The number of carbonyl (C=O) groups is 2. The monoisotopic (exact) mass is 426 g/mol. The highest BCUT2D eigenvalue weighted by atomic mass is 35.5. The Bertz CT molecular complexity index is 835. The fraction of sp³-hybridized carbons (Fsp3) is 0.263.